The van der Waals surface area contributed by atoms with E-state index in [2.05, 4.69) is 5.32 Å². The van der Waals surface area contributed by atoms with Gasteiger partial charge >= 0.3 is 0 Å². The van der Waals surface area contributed by atoms with Gasteiger partial charge < -0.3 is 19.7 Å². The Balaban J connectivity index is 1.78. The molecule has 0 fully saturated rings. The zero-order valence-electron chi connectivity index (χ0n) is 18.1. The molecule has 0 aliphatic rings. The van der Waals surface area contributed by atoms with Gasteiger partial charge in [-0.25, -0.2) is 0 Å². The van der Waals surface area contributed by atoms with Gasteiger partial charge in [-0.2, -0.15) is 0 Å². The second kappa shape index (κ2) is 9.80. The number of carbonyl (C=O) groups excluding carboxylic acids is 2. The number of anilines is 1. The predicted octanol–water partition coefficient (Wildman–Crippen LogP) is 4.79. The van der Waals surface area contributed by atoms with Crippen LogP contribution in [0.5, 0.6) is 11.5 Å². The number of nitrogens with one attached hydrogen (secondary N) is 1. The van der Waals surface area contributed by atoms with Crippen molar-refractivity contribution in [1.82, 2.24) is 4.90 Å². The average Bonchev–Trinajstić information content (AvgIpc) is 2.82. The Morgan fingerprint density at radius 3 is 2.10 bits per heavy atom. The quantitative estimate of drug-likeness (QED) is 0.599. The second-order valence-corrected chi connectivity index (χ2v) is 7.14. The Bertz CT molecular complexity index is 1040. The number of rotatable bonds is 7. The maximum absolute atomic E-state index is 13.1. The summed E-state index contributed by atoms with van der Waals surface area (Å²) < 4.78 is 10.5. The first-order valence-electron chi connectivity index (χ1n) is 9.89. The van der Waals surface area contributed by atoms with Crippen LogP contribution in [0.2, 0.25) is 0 Å². The molecule has 31 heavy (non-hydrogen) atoms. The van der Waals surface area contributed by atoms with E-state index >= 15 is 0 Å². The van der Waals surface area contributed by atoms with Gasteiger partial charge in [-0.15, -0.1) is 0 Å². The number of nitrogens with zero attached hydrogens (tertiary/aromatic N) is 1. The van der Waals surface area contributed by atoms with Crippen molar-refractivity contribution in [3.63, 3.8) is 0 Å². The summed E-state index contributed by atoms with van der Waals surface area (Å²) in [6.45, 7) is 1.94. The monoisotopic (exact) mass is 418 g/mol. The Kier molecular flexibility index (Phi) is 6.92. The first-order valence-corrected chi connectivity index (χ1v) is 9.89. The van der Waals surface area contributed by atoms with Crippen molar-refractivity contribution in [3.8, 4) is 11.5 Å². The highest BCUT2D eigenvalue weighted by molar-refractivity contribution is 6.04. The summed E-state index contributed by atoms with van der Waals surface area (Å²) in [6, 6.07) is 21.4. The molecule has 6 nitrogen and oxygen atoms in total. The maximum Gasteiger partial charge on any atom is 0.255 e. The Morgan fingerprint density at radius 2 is 1.48 bits per heavy atom. The number of hydrogen-bond donors (Lipinski definition) is 1. The van der Waals surface area contributed by atoms with Gasteiger partial charge in [0.05, 0.1) is 20.3 Å². The van der Waals surface area contributed by atoms with E-state index in [1.807, 2.05) is 49.4 Å². The SMILES string of the molecule is COc1cc(OC)cc(C(=O)N(C)[C@@H](C)c2cccc(NC(=O)c3ccccc3)c2)c1. The summed E-state index contributed by atoms with van der Waals surface area (Å²) in [5, 5.41) is 2.91. The highest BCUT2D eigenvalue weighted by Crippen LogP contribution is 2.27. The Labute approximate surface area is 182 Å². The number of amides is 2. The van der Waals surface area contributed by atoms with Gasteiger partial charge in [0.25, 0.3) is 11.8 Å². The van der Waals surface area contributed by atoms with Crippen LogP contribution in [0.25, 0.3) is 0 Å². The third-order valence-electron chi connectivity index (χ3n) is 5.16. The van der Waals surface area contributed by atoms with Crippen LogP contribution in [0.4, 0.5) is 5.69 Å². The highest BCUT2D eigenvalue weighted by atomic mass is 16.5. The first kappa shape index (κ1) is 21.9. The molecule has 3 aromatic rings. The number of benzene rings is 3. The van der Waals surface area contributed by atoms with Crippen LogP contribution in [0.3, 0.4) is 0 Å². The second-order valence-electron chi connectivity index (χ2n) is 7.14. The maximum atomic E-state index is 13.1. The zero-order chi connectivity index (χ0) is 22.4. The summed E-state index contributed by atoms with van der Waals surface area (Å²) in [4.78, 5) is 27.2. The third-order valence-corrected chi connectivity index (χ3v) is 5.16. The molecule has 0 aliphatic carbocycles. The lowest BCUT2D eigenvalue weighted by Crippen LogP contribution is -2.29. The van der Waals surface area contributed by atoms with E-state index < -0.39 is 0 Å². The van der Waals surface area contributed by atoms with Crippen LogP contribution >= 0.6 is 0 Å². The molecule has 0 saturated heterocycles. The number of ether oxygens (including phenoxy) is 2. The lowest BCUT2D eigenvalue weighted by molar-refractivity contribution is 0.0741. The molecule has 0 heterocycles. The van der Waals surface area contributed by atoms with Crippen molar-refractivity contribution in [3.05, 3.63) is 89.5 Å². The van der Waals surface area contributed by atoms with E-state index in [0.717, 1.165) is 5.56 Å². The topological polar surface area (TPSA) is 67.9 Å². The predicted molar refractivity (Wildman–Crippen MR) is 121 cm³/mol. The molecular formula is C25H26N2O4. The Morgan fingerprint density at radius 1 is 0.839 bits per heavy atom. The molecule has 0 aliphatic heterocycles. The van der Waals surface area contributed by atoms with Gasteiger partial charge in [-0.1, -0.05) is 30.3 Å². The molecule has 0 saturated carbocycles. The molecule has 0 radical (unpaired) electrons. The summed E-state index contributed by atoms with van der Waals surface area (Å²) >= 11 is 0. The molecule has 0 unspecified atom stereocenters. The fourth-order valence-electron chi connectivity index (χ4n) is 3.20. The molecule has 0 spiro atoms. The minimum Gasteiger partial charge on any atom is -0.497 e. The molecule has 2 amide bonds. The molecule has 1 N–H and O–H groups in total. The highest BCUT2D eigenvalue weighted by Gasteiger charge is 2.21. The summed E-state index contributed by atoms with van der Waals surface area (Å²) in [7, 11) is 4.84. The molecule has 0 aromatic heterocycles. The van der Waals surface area contributed by atoms with Crippen LogP contribution in [0, 0.1) is 0 Å². The Hall–Kier alpha value is -3.80. The van der Waals surface area contributed by atoms with Crippen molar-refractivity contribution in [2.75, 3.05) is 26.6 Å². The summed E-state index contributed by atoms with van der Waals surface area (Å²) in [5.74, 6) is 0.755. The molecule has 160 valence electrons. The van der Waals surface area contributed by atoms with Gasteiger partial charge in [-0.05, 0) is 48.9 Å². The van der Waals surface area contributed by atoms with Crippen LogP contribution < -0.4 is 14.8 Å². The summed E-state index contributed by atoms with van der Waals surface area (Å²) in [5.41, 5.74) is 2.62. The van der Waals surface area contributed by atoms with E-state index in [1.54, 1.807) is 56.5 Å². The van der Waals surface area contributed by atoms with Gasteiger partial charge in [0.15, 0.2) is 0 Å². The van der Waals surface area contributed by atoms with E-state index in [9.17, 15) is 9.59 Å². The van der Waals surface area contributed by atoms with Crippen molar-refractivity contribution >= 4 is 17.5 Å². The third kappa shape index (κ3) is 5.22. The fourth-order valence-corrected chi connectivity index (χ4v) is 3.20. The molecule has 3 rings (SSSR count). The molecule has 6 heteroatoms. The minimum atomic E-state index is -0.224. The van der Waals surface area contributed by atoms with Crippen LogP contribution in [-0.2, 0) is 0 Å². The van der Waals surface area contributed by atoms with E-state index in [0.29, 0.717) is 28.3 Å². The normalized spacial score (nSPS) is 11.4. The first-order chi connectivity index (χ1) is 14.9. The minimum absolute atomic E-state index is 0.163. The number of methoxy groups -OCH3 is 2. The van der Waals surface area contributed by atoms with Crippen LogP contribution in [-0.4, -0.2) is 38.0 Å². The fraction of sp³-hybridized carbons (Fsp3) is 0.200. The largest absolute Gasteiger partial charge is 0.497 e. The van der Waals surface area contributed by atoms with Gasteiger partial charge in [0.2, 0.25) is 0 Å². The van der Waals surface area contributed by atoms with Crippen LogP contribution in [0.15, 0.2) is 72.8 Å². The summed E-state index contributed by atoms with van der Waals surface area (Å²) in [6.07, 6.45) is 0. The molecule has 0 bridgehead atoms. The van der Waals surface area contributed by atoms with Crippen molar-refractivity contribution in [2.24, 2.45) is 0 Å². The molecule has 1 atom stereocenters. The lowest BCUT2D eigenvalue weighted by Gasteiger charge is -2.26. The number of hydrogen-bond acceptors (Lipinski definition) is 4. The van der Waals surface area contributed by atoms with E-state index in [-0.39, 0.29) is 17.9 Å². The molecule has 3 aromatic carbocycles. The average molecular weight is 418 g/mol. The molecular weight excluding hydrogens is 392 g/mol. The van der Waals surface area contributed by atoms with Gasteiger partial charge in [0, 0.05) is 29.9 Å². The smallest absolute Gasteiger partial charge is 0.255 e. The van der Waals surface area contributed by atoms with E-state index in [4.69, 9.17) is 9.47 Å². The zero-order valence-corrected chi connectivity index (χ0v) is 18.1. The van der Waals surface area contributed by atoms with Gasteiger partial charge in [-0.3, -0.25) is 9.59 Å². The van der Waals surface area contributed by atoms with Crippen molar-refractivity contribution in [2.45, 2.75) is 13.0 Å². The number of carbonyl (C=O) groups is 2. The lowest BCUT2D eigenvalue weighted by atomic mass is 10.0. The van der Waals surface area contributed by atoms with Crippen molar-refractivity contribution < 1.29 is 19.1 Å². The standard InChI is InChI=1S/C25H26N2O4/c1-17(27(2)25(29)20-14-22(30-3)16-23(15-20)31-4)19-11-8-12-21(13-19)26-24(28)18-9-6-5-7-10-18/h5-17H,1-4H3,(H,26,28)/t17-/m0/s1. The van der Waals surface area contributed by atoms with Crippen molar-refractivity contribution in [1.29, 1.82) is 0 Å². The van der Waals surface area contributed by atoms with Gasteiger partial charge in [0.1, 0.15) is 11.5 Å². The van der Waals surface area contributed by atoms with Crippen LogP contribution in [0.1, 0.15) is 39.2 Å². The van der Waals surface area contributed by atoms with E-state index in [1.165, 1.54) is 0 Å².